The van der Waals surface area contributed by atoms with Crippen LogP contribution in [0.4, 0.5) is 0 Å². The molecular formula is C17H18N2O2. The Balaban J connectivity index is 0.000000194. The first-order valence-electron chi connectivity index (χ1n) is 6.58. The molecule has 0 atom stereocenters. The molecule has 0 radical (unpaired) electrons. The van der Waals surface area contributed by atoms with Gasteiger partial charge in [0.2, 0.25) is 0 Å². The lowest BCUT2D eigenvalue weighted by atomic mass is 10.2. The SMILES string of the molecule is COc1cc2cncnc2cc1OC.Cc1ccccc1. The number of nitrogens with zero attached hydrogens (tertiary/aromatic N) is 2. The molecule has 0 bridgehead atoms. The Kier molecular flexibility index (Phi) is 5.10. The standard InChI is InChI=1S/C10H10N2O2.C7H8/c1-13-9-3-7-5-11-6-12-8(7)4-10(9)14-2;1-7-5-3-2-4-6-7/h3-6H,1-2H3;2-6H,1H3. The summed E-state index contributed by atoms with van der Waals surface area (Å²) in [6.45, 7) is 2.08. The fourth-order valence-electron chi connectivity index (χ4n) is 1.84. The van der Waals surface area contributed by atoms with Gasteiger partial charge in [0.1, 0.15) is 6.33 Å². The molecule has 3 rings (SSSR count). The lowest BCUT2D eigenvalue weighted by molar-refractivity contribution is 0.356. The lowest BCUT2D eigenvalue weighted by Gasteiger charge is -2.07. The zero-order chi connectivity index (χ0) is 15.1. The second-order valence-electron chi connectivity index (χ2n) is 4.44. The molecule has 0 saturated heterocycles. The number of fused-ring (bicyclic) bond motifs is 1. The van der Waals surface area contributed by atoms with Crippen molar-refractivity contribution >= 4 is 10.9 Å². The second kappa shape index (κ2) is 7.24. The molecule has 2 aromatic carbocycles. The van der Waals surface area contributed by atoms with Crippen LogP contribution in [0.2, 0.25) is 0 Å². The van der Waals surface area contributed by atoms with Crippen LogP contribution in [0.5, 0.6) is 11.5 Å². The van der Waals surface area contributed by atoms with Crippen LogP contribution < -0.4 is 9.47 Å². The number of methoxy groups -OCH3 is 2. The van der Waals surface area contributed by atoms with Gasteiger partial charge in [0.15, 0.2) is 11.5 Å². The first-order valence-corrected chi connectivity index (χ1v) is 6.58. The molecule has 0 unspecified atom stereocenters. The van der Waals surface area contributed by atoms with Crippen molar-refractivity contribution in [2.45, 2.75) is 6.92 Å². The number of hydrogen-bond donors (Lipinski definition) is 0. The van der Waals surface area contributed by atoms with E-state index in [1.807, 2.05) is 30.3 Å². The van der Waals surface area contributed by atoms with E-state index in [1.54, 1.807) is 20.4 Å². The Labute approximate surface area is 124 Å². The Hall–Kier alpha value is -2.62. The van der Waals surface area contributed by atoms with E-state index in [4.69, 9.17) is 9.47 Å². The maximum atomic E-state index is 5.16. The van der Waals surface area contributed by atoms with Crippen molar-refractivity contribution in [1.82, 2.24) is 9.97 Å². The lowest BCUT2D eigenvalue weighted by Crippen LogP contribution is -1.91. The van der Waals surface area contributed by atoms with E-state index in [2.05, 4.69) is 29.0 Å². The third-order valence-electron chi connectivity index (χ3n) is 2.95. The van der Waals surface area contributed by atoms with Crippen LogP contribution in [0.25, 0.3) is 10.9 Å². The number of aryl methyl sites for hydroxylation is 1. The zero-order valence-electron chi connectivity index (χ0n) is 12.4. The Morgan fingerprint density at radius 2 is 1.57 bits per heavy atom. The second-order valence-corrected chi connectivity index (χ2v) is 4.44. The summed E-state index contributed by atoms with van der Waals surface area (Å²) in [6, 6.07) is 13.9. The number of aromatic nitrogens is 2. The van der Waals surface area contributed by atoms with Crippen molar-refractivity contribution in [2.24, 2.45) is 0 Å². The van der Waals surface area contributed by atoms with Crippen LogP contribution in [-0.4, -0.2) is 24.2 Å². The molecule has 3 aromatic rings. The molecule has 21 heavy (non-hydrogen) atoms. The summed E-state index contributed by atoms with van der Waals surface area (Å²) in [6.07, 6.45) is 3.25. The molecule has 4 heteroatoms. The Bertz CT molecular complexity index is 657. The molecule has 0 aliphatic heterocycles. The highest BCUT2D eigenvalue weighted by molar-refractivity contribution is 5.81. The monoisotopic (exact) mass is 282 g/mol. The Morgan fingerprint density at radius 3 is 2.14 bits per heavy atom. The van der Waals surface area contributed by atoms with Gasteiger partial charge < -0.3 is 9.47 Å². The predicted octanol–water partition coefficient (Wildman–Crippen LogP) is 3.64. The van der Waals surface area contributed by atoms with Gasteiger partial charge in [-0.2, -0.15) is 0 Å². The van der Waals surface area contributed by atoms with Crippen LogP contribution >= 0.6 is 0 Å². The summed E-state index contributed by atoms with van der Waals surface area (Å²) >= 11 is 0. The van der Waals surface area contributed by atoms with Gasteiger partial charge >= 0.3 is 0 Å². The summed E-state index contributed by atoms with van der Waals surface area (Å²) in [4.78, 5) is 8.05. The first-order chi connectivity index (χ1) is 10.2. The van der Waals surface area contributed by atoms with Crippen molar-refractivity contribution in [1.29, 1.82) is 0 Å². The number of benzene rings is 2. The van der Waals surface area contributed by atoms with Gasteiger partial charge in [-0.15, -0.1) is 0 Å². The molecule has 0 aliphatic rings. The van der Waals surface area contributed by atoms with Crippen molar-refractivity contribution in [3.05, 3.63) is 60.6 Å². The molecule has 0 spiro atoms. The van der Waals surface area contributed by atoms with E-state index in [0.29, 0.717) is 11.5 Å². The van der Waals surface area contributed by atoms with Crippen LogP contribution in [0.15, 0.2) is 55.0 Å². The Morgan fingerprint density at radius 1 is 0.905 bits per heavy atom. The maximum absolute atomic E-state index is 5.16. The molecule has 4 nitrogen and oxygen atoms in total. The molecule has 108 valence electrons. The summed E-state index contributed by atoms with van der Waals surface area (Å²) < 4.78 is 10.3. The van der Waals surface area contributed by atoms with Crippen LogP contribution in [-0.2, 0) is 0 Å². The van der Waals surface area contributed by atoms with E-state index in [0.717, 1.165) is 10.9 Å². The highest BCUT2D eigenvalue weighted by Gasteiger charge is 2.05. The minimum Gasteiger partial charge on any atom is -0.493 e. The highest BCUT2D eigenvalue weighted by Crippen LogP contribution is 2.30. The van der Waals surface area contributed by atoms with Gasteiger partial charge in [0.05, 0.1) is 19.7 Å². The van der Waals surface area contributed by atoms with Crippen molar-refractivity contribution in [3.8, 4) is 11.5 Å². The van der Waals surface area contributed by atoms with Gasteiger partial charge in [-0.1, -0.05) is 35.9 Å². The van der Waals surface area contributed by atoms with Crippen molar-refractivity contribution in [3.63, 3.8) is 0 Å². The molecule has 0 saturated carbocycles. The van der Waals surface area contributed by atoms with Crippen LogP contribution in [0, 0.1) is 6.92 Å². The summed E-state index contributed by atoms with van der Waals surface area (Å²) in [7, 11) is 3.21. The number of hydrogen-bond acceptors (Lipinski definition) is 4. The van der Waals surface area contributed by atoms with Gasteiger partial charge in [0.25, 0.3) is 0 Å². The number of rotatable bonds is 2. The molecule has 0 aliphatic carbocycles. The molecule has 0 amide bonds. The smallest absolute Gasteiger partial charge is 0.162 e. The fourth-order valence-corrected chi connectivity index (χ4v) is 1.84. The van der Waals surface area contributed by atoms with Gasteiger partial charge in [-0.25, -0.2) is 9.97 Å². The molecular weight excluding hydrogens is 264 g/mol. The summed E-state index contributed by atoms with van der Waals surface area (Å²) in [5, 5.41) is 0.935. The van der Waals surface area contributed by atoms with E-state index >= 15 is 0 Å². The van der Waals surface area contributed by atoms with Gasteiger partial charge in [0, 0.05) is 17.6 Å². The zero-order valence-corrected chi connectivity index (χ0v) is 12.4. The minimum atomic E-state index is 0.679. The highest BCUT2D eigenvalue weighted by atomic mass is 16.5. The largest absolute Gasteiger partial charge is 0.493 e. The molecule has 1 heterocycles. The van der Waals surface area contributed by atoms with Crippen LogP contribution in [0.1, 0.15) is 5.56 Å². The third kappa shape index (κ3) is 3.92. The van der Waals surface area contributed by atoms with E-state index in [-0.39, 0.29) is 0 Å². The molecule has 0 N–H and O–H groups in total. The predicted molar refractivity (Wildman–Crippen MR) is 83.8 cm³/mol. The maximum Gasteiger partial charge on any atom is 0.162 e. The minimum absolute atomic E-state index is 0.679. The van der Waals surface area contributed by atoms with Gasteiger partial charge in [-0.05, 0) is 13.0 Å². The van der Waals surface area contributed by atoms with E-state index in [1.165, 1.54) is 11.9 Å². The summed E-state index contributed by atoms with van der Waals surface area (Å²) in [5.41, 5.74) is 2.17. The van der Waals surface area contributed by atoms with Crippen LogP contribution in [0.3, 0.4) is 0 Å². The average molecular weight is 282 g/mol. The fraction of sp³-hybridized carbons (Fsp3) is 0.176. The molecule has 0 fully saturated rings. The topological polar surface area (TPSA) is 44.2 Å². The number of ether oxygens (including phenoxy) is 2. The van der Waals surface area contributed by atoms with E-state index in [9.17, 15) is 0 Å². The van der Waals surface area contributed by atoms with E-state index < -0.39 is 0 Å². The summed E-state index contributed by atoms with van der Waals surface area (Å²) in [5.74, 6) is 1.37. The molecule has 1 aromatic heterocycles. The van der Waals surface area contributed by atoms with Gasteiger partial charge in [-0.3, -0.25) is 0 Å². The average Bonchev–Trinajstić information content (AvgIpc) is 2.54. The normalized spacial score (nSPS) is 9.67. The quantitative estimate of drug-likeness (QED) is 0.719. The van der Waals surface area contributed by atoms with Crippen molar-refractivity contribution in [2.75, 3.05) is 14.2 Å². The first kappa shape index (κ1) is 14.8. The van der Waals surface area contributed by atoms with Crippen molar-refractivity contribution < 1.29 is 9.47 Å². The third-order valence-corrected chi connectivity index (χ3v) is 2.95.